The van der Waals surface area contributed by atoms with E-state index in [0.29, 0.717) is 5.65 Å². The van der Waals surface area contributed by atoms with Crippen LogP contribution in [-0.4, -0.2) is 9.38 Å². The van der Waals surface area contributed by atoms with Gasteiger partial charge in [-0.2, -0.15) is 0 Å². The Bertz CT molecular complexity index is 473. The van der Waals surface area contributed by atoms with E-state index in [4.69, 9.17) is 0 Å². The van der Waals surface area contributed by atoms with Gasteiger partial charge in [0, 0.05) is 18.5 Å². The molecular weight excluding hydrogens is 152 g/mol. The van der Waals surface area contributed by atoms with Crippen molar-refractivity contribution in [3.63, 3.8) is 0 Å². The van der Waals surface area contributed by atoms with Crippen LogP contribution in [0.4, 0.5) is 0 Å². The van der Waals surface area contributed by atoms with Gasteiger partial charge in [0.05, 0.1) is 0 Å². The molecule has 2 rings (SSSR count). The summed E-state index contributed by atoms with van der Waals surface area (Å²) in [6.45, 7) is 1.97. The van der Waals surface area contributed by atoms with Gasteiger partial charge in [-0.25, -0.2) is 4.98 Å². The Balaban J connectivity index is 2.96. The number of nitrogens with zero attached hydrogens (tertiary/aromatic N) is 2. The summed E-state index contributed by atoms with van der Waals surface area (Å²) in [7, 11) is 0. The first kappa shape index (κ1) is 7.03. The van der Waals surface area contributed by atoms with Crippen LogP contribution in [0.3, 0.4) is 0 Å². The number of pyridine rings is 1. The van der Waals surface area contributed by atoms with Crippen LogP contribution in [0.25, 0.3) is 5.65 Å². The number of aromatic nitrogens is 2. The molecule has 0 fully saturated rings. The number of fused-ring (bicyclic) bond motifs is 1. The first-order valence-corrected chi connectivity index (χ1v) is 3.71. The van der Waals surface area contributed by atoms with E-state index in [9.17, 15) is 4.79 Å². The Hall–Kier alpha value is -1.64. The van der Waals surface area contributed by atoms with E-state index < -0.39 is 0 Å². The van der Waals surface area contributed by atoms with Gasteiger partial charge in [0.15, 0.2) is 0 Å². The zero-order valence-corrected chi connectivity index (χ0v) is 6.69. The minimum absolute atomic E-state index is 0.0417. The third kappa shape index (κ3) is 0.993. The lowest BCUT2D eigenvalue weighted by molar-refractivity contribution is 1.04. The maximum absolute atomic E-state index is 11.2. The van der Waals surface area contributed by atoms with Crippen molar-refractivity contribution < 1.29 is 0 Å². The second-order valence-corrected chi connectivity index (χ2v) is 2.72. The fourth-order valence-corrected chi connectivity index (χ4v) is 1.13. The number of hydrogen-bond donors (Lipinski definition) is 0. The van der Waals surface area contributed by atoms with Crippen molar-refractivity contribution in [1.29, 1.82) is 0 Å². The van der Waals surface area contributed by atoms with Crippen molar-refractivity contribution in [3.8, 4) is 0 Å². The molecule has 0 saturated heterocycles. The van der Waals surface area contributed by atoms with Crippen molar-refractivity contribution in [2.24, 2.45) is 0 Å². The van der Waals surface area contributed by atoms with E-state index in [1.165, 1.54) is 16.7 Å². The average Bonchev–Trinajstić information content (AvgIpc) is 2.04. The quantitative estimate of drug-likeness (QED) is 0.576. The Morgan fingerprint density at radius 3 is 3.08 bits per heavy atom. The summed E-state index contributed by atoms with van der Waals surface area (Å²) in [5, 5.41) is 0. The monoisotopic (exact) mass is 160 g/mol. The Morgan fingerprint density at radius 2 is 2.25 bits per heavy atom. The number of hydrogen-bond acceptors (Lipinski definition) is 2. The van der Waals surface area contributed by atoms with E-state index >= 15 is 0 Å². The zero-order chi connectivity index (χ0) is 8.55. The number of rotatable bonds is 0. The van der Waals surface area contributed by atoms with Crippen LogP contribution in [0, 0.1) is 6.92 Å². The molecule has 0 atom stereocenters. The molecule has 3 nitrogen and oxygen atoms in total. The molecule has 0 aromatic carbocycles. The van der Waals surface area contributed by atoms with E-state index in [0.717, 1.165) is 5.56 Å². The Morgan fingerprint density at radius 1 is 1.42 bits per heavy atom. The largest absolute Gasteiger partial charge is 0.269 e. The van der Waals surface area contributed by atoms with Gasteiger partial charge in [0.2, 0.25) is 0 Å². The molecule has 0 aliphatic heterocycles. The molecule has 12 heavy (non-hydrogen) atoms. The fraction of sp³-hybridized carbons (Fsp3) is 0.111. The van der Waals surface area contributed by atoms with E-state index in [2.05, 4.69) is 4.98 Å². The van der Waals surface area contributed by atoms with Crippen molar-refractivity contribution >= 4 is 5.65 Å². The third-order valence-corrected chi connectivity index (χ3v) is 1.75. The fourth-order valence-electron chi connectivity index (χ4n) is 1.13. The highest BCUT2D eigenvalue weighted by atomic mass is 16.1. The van der Waals surface area contributed by atoms with Crippen LogP contribution in [0.15, 0.2) is 35.4 Å². The number of aryl methyl sites for hydroxylation is 1. The maximum atomic E-state index is 11.2. The molecule has 0 unspecified atom stereocenters. The maximum Gasteiger partial charge on any atom is 0.257 e. The molecule has 60 valence electrons. The van der Waals surface area contributed by atoms with E-state index in [1.807, 2.05) is 19.1 Å². The molecule has 0 radical (unpaired) electrons. The normalized spacial score (nSPS) is 10.4. The van der Waals surface area contributed by atoms with Crippen LogP contribution >= 0.6 is 0 Å². The topological polar surface area (TPSA) is 34.4 Å². The van der Waals surface area contributed by atoms with Gasteiger partial charge in [-0.05, 0) is 24.6 Å². The summed E-state index contributed by atoms with van der Waals surface area (Å²) in [4.78, 5) is 15.3. The molecule has 0 aliphatic rings. The summed E-state index contributed by atoms with van der Waals surface area (Å²) in [6.07, 6.45) is 3.26. The van der Waals surface area contributed by atoms with Crippen LogP contribution in [0.5, 0.6) is 0 Å². The lowest BCUT2D eigenvalue weighted by Crippen LogP contribution is -2.12. The average molecular weight is 160 g/mol. The van der Waals surface area contributed by atoms with Gasteiger partial charge >= 0.3 is 0 Å². The molecule has 0 bridgehead atoms. The molecular formula is C9H8N2O. The SMILES string of the molecule is Cc1ccn2c(=O)ccnc2c1. The summed E-state index contributed by atoms with van der Waals surface area (Å²) in [5.74, 6) is 0. The standard InChI is InChI=1S/C9H8N2O/c1-7-3-5-11-8(6-7)10-4-2-9(11)12/h2-6H,1H3. The third-order valence-electron chi connectivity index (χ3n) is 1.75. The highest BCUT2D eigenvalue weighted by molar-refractivity contribution is 5.39. The van der Waals surface area contributed by atoms with Gasteiger partial charge in [-0.15, -0.1) is 0 Å². The second-order valence-electron chi connectivity index (χ2n) is 2.72. The van der Waals surface area contributed by atoms with Crippen LogP contribution in [-0.2, 0) is 0 Å². The molecule has 0 amide bonds. The van der Waals surface area contributed by atoms with E-state index in [1.54, 1.807) is 6.20 Å². The molecule has 0 N–H and O–H groups in total. The lowest BCUT2D eigenvalue weighted by Gasteiger charge is -1.98. The van der Waals surface area contributed by atoms with Crippen molar-refractivity contribution in [3.05, 3.63) is 46.5 Å². The Labute approximate surface area is 69.3 Å². The molecule has 2 aromatic rings. The Kier molecular flexibility index (Phi) is 1.43. The molecule has 0 spiro atoms. The van der Waals surface area contributed by atoms with E-state index in [-0.39, 0.29) is 5.56 Å². The molecule has 3 heteroatoms. The minimum atomic E-state index is -0.0417. The predicted octanol–water partition coefficient (Wildman–Crippen LogP) is 1.00. The van der Waals surface area contributed by atoms with Crippen LogP contribution in [0.2, 0.25) is 0 Å². The summed E-state index contributed by atoms with van der Waals surface area (Å²) in [6, 6.07) is 5.21. The van der Waals surface area contributed by atoms with Gasteiger partial charge in [0.1, 0.15) is 5.65 Å². The van der Waals surface area contributed by atoms with Gasteiger partial charge in [-0.3, -0.25) is 9.20 Å². The van der Waals surface area contributed by atoms with Crippen LogP contribution < -0.4 is 5.56 Å². The zero-order valence-electron chi connectivity index (χ0n) is 6.69. The van der Waals surface area contributed by atoms with Crippen molar-refractivity contribution in [1.82, 2.24) is 9.38 Å². The first-order chi connectivity index (χ1) is 5.77. The first-order valence-electron chi connectivity index (χ1n) is 3.71. The van der Waals surface area contributed by atoms with Crippen LogP contribution in [0.1, 0.15) is 5.56 Å². The molecule has 0 saturated carbocycles. The highest BCUT2D eigenvalue weighted by Gasteiger charge is 1.94. The minimum Gasteiger partial charge on any atom is -0.269 e. The smallest absolute Gasteiger partial charge is 0.257 e. The second kappa shape index (κ2) is 2.44. The van der Waals surface area contributed by atoms with Crippen molar-refractivity contribution in [2.75, 3.05) is 0 Å². The molecule has 0 aliphatic carbocycles. The highest BCUT2D eigenvalue weighted by Crippen LogP contribution is 1.99. The van der Waals surface area contributed by atoms with Crippen molar-refractivity contribution in [2.45, 2.75) is 6.92 Å². The molecule has 2 heterocycles. The lowest BCUT2D eigenvalue weighted by atomic mass is 10.3. The summed E-state index contributed by atoms with van der Waals surface area (Å²) >= 11 is 0. The van der Waals surface area contributed by atoms with Gasteiger partial charge in [0.25, 0.3) is 5.56 Å². The summed E-state index contributed by atoms with van der Waals surface area (Å²) < 4.78 is 1.52. The van der Waals surface area contributed by atoms with Gasteiger partial charge in [-0.1, -0.05) is 0 Å². The molecule has 2 aromatic heterocycles. The van der Waals surface area contributed by atoms with Gasteiger partial charge < -0.3 is 0 Å². The predicted molar refractivity (Wildman–Crippen MR) is 46.2 cm³/mol. The summed E-state index contributed by atoms with van der Waals surface area (Å²) in [5.41, 5.74) is 1.76.